The summed E-state index contributed by atoms with van der Waals surface area (Å²) in [6.45, 7) is 2.58. The number of alkyl halides is 3. The molecule has 1 aromatic carbocycles. The third-order valence-corrected chi connectivity index (χ3v) is 5.07. The minimum absolute atomic E-state index is 0.0790. The van der Waals surface area contributed by atoms with Crippen LogP contribution in [0.3, 0.4) is 0 Å². The highest BCUT2D eigenvalue weighted by molar-refractivity contribution is 5.97. The van der Waals surface area contributed by atoms with E-state index in [1.165, 1.54) is 18.4 Å². The van der Waals surface area contributed by atoms with Crippen molar-refractivity contribution >= 4 is 11.9 Å². The van der Waals surface area contributed by atoms with Gasteiger partial charge in [0.25, 0.3) is 5.91 Å². The molecule has 3 rings (SSSR count). The first-order valence-electron chi connectivity index (χ1n) is 8.92. The Kier molecular flexibility index (Phi) is 5.49. The molecule has 0 atom stereocenters. The minimum atomic E-state index is -4.36. The summed E-state index contributed by atoms with van der Waals surface area (Å²) in [6, 6.07) is 5.16. The van der Waals surface area contributed by atoms with E-state index in [0.29, 0.717) is 31.5 Å². The zero-order valence-electron chi connectivity index (χ0n) is 15.3. The maximum absolute atomic E-state index is 12.8. The standard InChI is InChI=1S/C20H20F3NO4/c1-12-11-28-16(10-17(25)26)18(12)19(27)24-8-6-14(7-9-24)13-2-4-15(5-3-13)20(21,22)23/h2-5,11,14H,6-10H2,1H3,(H,25,26). The molecule has 1 amide bonds. The van der Waals surface area contributed by atoms with Crippen LogP contribution in [0, 0.1) is 6.92 Å². The van der Waals surface area contributed by atoms with Crippen LogP contribution in [0.1, 0.15) is 51.6 Å². The predicted octanol–water partition coefficient (Wildman–Crippen LogP) is 4.25. The fraction of sp³-hybridized carbons (Fsp3) is 0.400. The van der Waals surface area contributed by atoms with Gasteiger partial charge in [-0.25, -0.2) is 0 Å². The highest BCUT2D eigenvalue weighted by Gasteiger charge is 2.31. The molecule has 5 nitrogen and oxygen atoms in total. The molecular formula is C20H20F3NO4. The fourth-order valence-electron chi connectivity index (χ4n) is 3.57. The number of halogens is 3. The highest BCUT2D eigenvalue weighted by atomic mass is 19.4. The van der Waals surface area contributed by atoms with Gasteiger partial charge in [-0.15, -0.1) is 0 Å². The molecule has 28 heavy (non-hydrogen) atoms. The van der Waals surface area contributed by atoms with Gasteiger partial charge in [0.2, 0.25) is 0 Å². The number of aliphatic carboxylic acids is 1. The molecule has 1 aromatic heterocycles. The Bertz CT molecular complexity index is 863. The molecule has 0 spiro atoms. The van der Waals surface area contributed by atoms with E-state index in [2.05, 4.69) is 0 Å². The van der Waals surface area contributed by atoms with E-state index < -0.39 is 17.7 Å². The lowest BCUT2D eigenvalue weighted by Gasteiger charge is -2.32. The molecule has 2 heterocycles. The molecule has 1 N–H and O–H groups in total. The van der Waals surface area contributed by atoms with Crippen LogP contribution < -0.4 is 0 Å². The number of carbonyl (C=O) groups excluding carboxylic acids is 1. The van der Waals surface area contributed by atoms with Crippen LogP contribution >= 0.6 is 0 Å². The number of piperidine rings is 1. The van der Waals surface area contributed by atoms with Gasteiger partial charge in [-0.1, -0.05) is 12.1 Å². The molecule has 0 aliphatic carbocycles. The topological polar surface area (TPSA) is 70.7 Å². The number of furan rings is 1. The van der Waals surface area contributed by atoms with Gasteiger partial charge < -0.3 is 14.4 Å². The molecule has 1 fully saturated rings. The maximum atomic E-state index is 12.8. The van der Waals surface area contributed by atoms with Crippen LogP contribution in [-0.4, -0.2) is 35.0 Å². The van der Waals surface area contributed by atoms with Crippen molar-refractivity contribution in [1.29, 1.82) is 0 Å². The second-order valence-corrected chi connectivity index (χ2v) is 6.97. The molecule has 1 saturated heterocycles. The van der Waals surface area contributed by atoms with Crippen molar-refractivity contribution in [2.45, 2.75) is 38.3 Å². The van der Waals surface area contributed by atoms with E-state index in [-0.39, 0.29) is 29.6 Å². The minimum Gasteiger partial charge on any atom is -0.481 e. The van der Waals surface area contributed by atoms with Crippen molar-refractivity contribution in [3.05, 3.63) is 58.5 Å². The maximum Gasteiger partial charge on any atom is 0.416 e. The predicted molar refractivity (Wildman–Crippen MR) is 94.1 cm³/mol. The van der Waals surface area contributed by atoms with Gasteiger partial charge >= 0.3 is 12.1 Å². The highest BCUT2D eigenvalue weighted by Crippen LogP contribution is 2.33. The molecule has 2 aromatic rings. The van der Waals surface area contributed by atoms with Crippen molar-refractivity contribution in [2.75, 3.05) is 13.1 Å². The van der Waals surface area contributed by atoms with Crippen LogP contribution in [0.15, 0.2) is 34.9 Å². The molecule has 8 heteroatoms. The van der Waals surface area contributed by atoms with Crippen LogP contribution in [0.25, 0.3) is 0 Å². The van der Waals surface area contributed by atoms with Crippen molar-refractivity contribution in [1.82, 2.24) is 4.90 Å². The number of aryl methyl sites for hydroxylation is 1. The Balaban J connectivity index is 1.66. The molecule has 1 aliphatic heterocycles. The summed E-state index contributed by atoms with van der Waals surface area (Å²) < 4.78 is 43.3. The third kappa shape index (κ3) is 4.21. The fourth-order valence-corrected chi connectivity index (χ4v) is 3.57. The zero-order valence-corrected chi connectivity index (χ0v) is 15.3. The Hall–Kier alpha value is -2.77. The first kappa shape index (κ1) is 20.0. The number of carboxylic acids is 1. The second kappa shape index (κ2) is 7.69. The average molecular weight is 395 g/mol. The van der Waals surface area contributed by atoms with Gasteiger partial charge in [-0.05, 0) is 43.4 Å². The monoisotopic (exact) mass is 395 g/mol. The van der Waals surface area contributed by atoms with Crippen molar-refractivity contribution < 1.29 is 32.3 Å². The van der Waals surface area contributed by atoms with Gasteiger partial charge in [0.05, 0.1) is 17.4 Å². The summed E-state index contributed by atoms with van der Waals surface area (Å²) in [5.41, 5.74) is 1.03. The number of carboxylic acid groups (broad SMARTS) is 1. The number of nitrogens with zero attached hydrogens (tertiary/aromatic N) is 1. The van der Waals surface area contributed by atoms with Gasteiger partial charge in [-0.3, -0.25) is 9.59 Å². The number of benzene rings is 1. The van der Waals surface area contributed by atoms with E-state index in [1.54, 1.807) is 11.8 Å². The smallest absolute Gasteiger partial charge is 0.416 e. The Labute approximate surface area is 159 Å². The van der Waals surface area contributed by atoms with Crippen molar-refractivity contribution in [2.24, 2.45) is 0 Å². The number of rotatable bonds is 4. The van der Waals surface area contributed by atoms with Crippen molar-refractivity contribution in [3.63, 3.8) is 0 Å². The van der Waals surface area contributed by atoms with Gasteiger partial charge in [-0.2, -0.15) is 13.2 Å². The first-order chi connectivity index (χ1) is 13.2. The lowest BCUT2D eigenvalue weighted by Crippen LogP contribution is -2.38. The van der Waals surface area contributed by atoms with Gasteiger partial charge in [0.15, 0.2) is 0 Å². The van der Waals surface area contributed by atoms with Crippen LogP contribution in [-0.2, 0) is 17.4 Å². The number of carbonyl (C=O) groups is 2. The van der Waals surface area contributed by atoms with E-state index in [9.17, 15) is 22.8 Å². The molecule has 0 bridgehead atoms. The zero-order chi connectivity index (χ0) is 20.5. The lowest BCUT2D eigenvalue weighted by molar-refractivity contribution is -0.138. The first-order valence-corrected chi connectivity index (χ1v) is 8.92. The summed E-state index contributed by atoms with van der Waals surface area (Å²) in [7, 11) is 0. The van der Waals surface area contributed by atoms with Crippen LogP contribution in [0.5, 0.6) is 0 Å². The number of hydrogen-bond acceptors (Lipinski definition) is 3. The Morgan fingerprint density at radius 3 is 2.32 bits per heavy atom. The Morgan fingerprint density at radius 2 is 1.79 bits per heavy atom. The van der Waals surface area contributed by atoms with Crippen LogP contribution in [0.2, 0.25) is 0 Å². The summed E-state index contributed by atoms with van der Waals surface area (Å²) in [5, 5.41) is 8.97. The largest absolute Gasteiger partial charge is 0.481 e. The number of hydrogen-bond donors (Lipinski definition) is 1. The van der Waals surface area contributed by atoms with Crippen LogP contribution in [0.4, 0.5) is 13.2 Å². The number of amides is 1. The average Bonchev–Trinajstić information content (AvgIpc) is 3.00. The molecule has 150 valence electrons. The van der Waals surface area contributed by atoms with E-state index in [0.717, 1.165) is 17.7 Å². The molecular weight excluding hydrogens is 375 g/mol. The molecule has 0 radical (unpaired) electrons. The molecule has 0 unspecified atom stereocenters. The lowest BCUT2D eigenvalue weighted by atomic mass is 9.88. The van der Waals surface area contributed by atoms with E-state index in [1.807, 2.05) is 0 Å². The van der Waals surface area contributed by atoms with Crippen molar-refractivity contribution in [3.8, 4) is 0 Å². The molecule has 0 saturated carbocycles. The normalized spacial score (nSPS) is 15.6. The summed E-state index contributed by atoms with van der Waals surface area (Å²) >= 11 is 0. The second-order valence-electron chi connectivity index (χ2n) is 6.97. The van der Waals surface area contributed by atoms with Gasteiger partial charge in [0.1, 0.15) is 12.2 Å². The van der Waals surface area contributed by atoms with Gasteiger partial charge in [0, 0.05) is 18.7 Å². The van der Waals surface area contributed by atoms with E-state index >= 15 is 0 Å². The van der Waals surface area contributed by atoms with E-state index in [4.69, 9.17) is 9.52 Å². The summed E-state index contributed by atoms with van der Waals surface area (Å²) in [5.74, 6) is -1.13. The summed E-state index contributed by atoms with van der Waals surface area (Å²) in [6.07, 6.45) is -2.09. The summed E-state index contributed by atoms with van der Waals surface area (Å²) in [4.78, 5) is 25.4. The Morgan fingerprint density at radius 1 is 1.18 bits per heavy atom. The third-order valence-electron chi connectivity index (χ3n) is 5.07. The molecule has 1 aliphatic rings. The SMILES string of the molecule is Cc1coc(CC(=O)O)c1C(=O)N1CCC(c2ccc(C(F)(F)F)cc2)CC1. The number of likely N-dealkylation sites (tertiary alicyclic amines) is 1. The quantitative estimate of drug-likeness (QED) is 0.840.